The van der Waals surface area contributed by atoms with Crippen LogP contribution in [0.3, 0.4) is 0 Å². The molecule has 1 unspecified atom stereocenters. The number of nitrogens with one attached hydrogen (secondary N) is 1. The van der Waals surface area contributed by atoms with Crippen molar-refractivity contribution in [3.8, 4) is 11.1 Å². The van der Waals surface area contributed by atoms with E-state index in [-0.39, 0.29) is 17.6 Å². The van der Waals surface area contributed by atoms with E-state index < -0.39 is 0 Å². The van der Waals surface area contributed by atoms with Gasteiger partial charge in [-0.3, -0.25) is 14.0 Å². The molecule has 2 aliphatic rings. The Morgan fingerprint density at radius 2 is 1.94 bits per heavy atom. The van der Waals surface area contributed by atoms with Gasteiger partial charge < -0.3 is 15.6 Å². The number of aromatic nitrogens is 5. The molecule has 0 aliphatic carbocycles. The van der Waals surface area contributed by atoms with Crippen LogP contribution in [0.1, 0.15) is 19.3 Å². The van der Waals surface area contributed by atoms with E-state index in [9.17, 15) is 4.79 Å². The summed E-state index contributed by atoms with van der Waals surface area (Å²) in [5.74, 6) is 0.645. The molecule has 11 heteroatoms. The first-order valence-corrected chi connectivity index (χ1v) is 11.5. The zero-order chi connectivity index (χ0) is 22.5. The van der Waals surface area contributed by atoms with Crippen molar-refractivity contribution in [3.05, 3.63) is 37.8 Å². The van der Waals surface area contributed by atoms with Crippen LogP contribution >= 0.6 is 34.8 Å². The minimum atomic E-state index is -0.161. The van der Waals surface area contributed by atoms with Gasteiger partial charge in [0.2, 0.25) is 5.95 Å². The standard InChI is InChI=1S/C21H20Cl3N7O/c1-29-20(32)14-10(9-6-11(22)17-15(16(9)23)18(24)30(2)28-17)7-26-19(14)27-21(29)31-8-3-4-13(31)12(25)5-8/h6-8,12-13,26H,3-5,25H2,1-2H3/t8-,12-,13?/m0/s1. The molecule has 3 N–H and O–H groups in total. The number of hydrogen-bond acceptors (Lipinski definition) is 5. The molecule has 0 radical (unpaired) electrons. The van der Waals surface area contributed by atoms with Crippen LogP contribution in [0, 0.1) is 0 Å². The van der Waals surface area contributed by atoms with Crippen molar-refractivity contribution in [1.29, 1.82) is 0 Å². The highest BCUT2D eigenvalue weighted by atomic mass is 35.5. The Balaban J connectivity index is 1.57. The number of H-pyrrole nitrogens is 1. The van der Waals surface area contributed by atoms with E-state index in [1.165, 1.54) is 4.68 Å². The second-order valence-electron chi connectivity index (χ2n) is 8.67. The molecule has 3 atom stereocenters. The SMILES string of the molecule is Cn1nc2c(Cl)cc(-c3c[nH]c4nc(N5C6CC[C@H]5C[C@@H]6N)n(C)c(=O)c34)c(Cl)c2c1Cl. The van der Waals surface area contributed by atoms with Gasteiger partial charge in [-0.15, -0.1) is 0 Å². The molecule has 32 heavy (non-hydrogen) atoms. The van der Waals surface area contributed by atoms with Crippen LogP contribution < -0.4 is 16.2 Å². The maximum Gasteiger partial charge on any atom is 0.264 e. The molecular formula is C21H20Cl3N7O. The Morgan fingerprint density at radius 3 is 2.62 bits per heavy atom. The highest BCUT2D eigenvalue weighted by Gasteiger charge is 2.46. The highest BCUT2D eigenvalue weighted by Crippen LogP contribution is 2.43. The van der Waals surface area contributed by atoms with Crippen molar-refractivity contribution >= 4 is 62.7 Å². The Morgan fingerprint density at radius 1 is 1.16 bits per heavy atom. The highest BCUT2D eigenvalue weighted by molar-refractivity contribution is 6.46. The lowest BCUT2D eigenvalue weighted by Crippen LogP contribution is -2.40. The van der Waals surface area contributed by atoms with Crippen LogP contribution in [-0.2, 0) is 14.1 Å². The number of aromatic amines is 1. The minimum absolute atomic E-state index is 0.109. The molecule has 5 heterocycles. The molecule has 2 aliphatic heterocycles. The molecule has 166 valence electrons. The molecule has 0 amide bonds. The molecule has 2 bridgehead atoms. The third-order valence-corrected chi connectivity index (χ3v) is 8.04. The zero-order valence-electron chi connectivity index (χ0n) is 17.4. The average Bonchev–Trinajstić information content (AvgIpc) is 3.50. The third-order valence-electron chi connectivity index (χ3n) is 6.93. The summed E-state index contributed by atoms with van der Waals surface area (Å²) in [7, 11) is 3.47. The molecule has 1 aromatic carbocycles. The Hall–Kier alpha value is -2.26. The quantitative estimate of drug-likeness (QED) is 0.443. The molecular weight excluding hydrogens is 473 g/mol. The van der Waals surface area contributed by atoms with Gasteiger partial charge in [0.25, 0.3) is 5.56 Å². The maximum atomic E-state index is 13.5. The van der Waals surface area contributed by atoms with E-state index in [0.29, 0.717) is 60.3 Å². The van der Waals surface area contributed by atoms with Gasteiger partial charge in [-0.25, -0.2) is 0 Å². The fraction of sp³-hybridized carbons (Fsp3) is 0.381. The van der Waals surface area contributed by atoms with Gasteiger partial charge in [-0.2, -0.15) is 10.1 Å². The average molecular weight is 493 g/mol. The molecule has 4 aromatic rings. The van der Waals surface area contributed by atoms with Crippen molar-refractivity contribution in [2.75, 3.05) is 4.90 Å². The van der Waals surface area contributed by atoms with Gasteiger partial charge in [0.05, 0.1) is 20.8 Å². The number of benzene rings is 1. The van der Waals surface area contributed by atoms with Gasteiger partial charge >= 0.3 is 0 Å². The van der Waals surface area contributed by atoms with Crippen molar-refractivity contribution in [2.45, 2.75) is 37.4 Å². The Bertz CT molecular complexity index is 1490. The van der Waals surface area contributed by atoms with Crippen LogP contribution in [0.25, 0.3) is 33.1 Å². The summed E-state index contributed by atoms with van der Waals surface area (Å²) in [5, 5.41) is 6.51. The zero-order valence-corrected chi connectivity index (χ0v) is 19.6. The number of fused-ring (bicyclic) bond motifs is 4. The van der Waals surface area contributed by atoms with E-state index in [0.717, 1.165) is 19.3 Å². The summed E-state index contributed by atoms with van der Waals surface area (Å²) in [5.41, 5.74) is 8.38. The maximum absolute atomic E-state index is 13.5. The van der Waals surface area contributed by atoms with Crippen molar-refractivity contribution < 1.29 is 0 Å². The van der Waals surface area contributed by atoms with Gasteiger partial charge in [0.1, 0.15) is 16.3 Å². The number of anilines is 1. The van der Waals surface area contributed by atoms with Crippen LogP contribution in [0.2, 0.25) is 15.2 Å². The van der Waals surface area contributed by atoms with Crippen molar-refractivity contribution in [1.82, 2.24) is 24.3 Å². The summed E-state index contributed by atoms with van der Waals surface area (Å²) in [6.07, 6.45) is 4.76. The number of halogens is 3. The normalized spacial score (nSPS) is 22.7. The van der Waals surface area contributed by atoms with Crippen LogP contribution in [0.5, 0.6) is 0 Å². The molecule has 6 rings (SSSR count). The summed E-state index contributed by atoms with van der Waals surface area (Å²) < 4.78 is 3.12. The van der Waals surface area contributed by atoms with E-state index in [1.807, 2.05) is 0 Å². The summed E-state index contributed by atoms with van der Waals surface area (Å²) in [6, 6.07) is 2.36. The topological polar surface area (TPSA) is 97.8 Å². The predicted octanol–water partition coefficient (Wildman–Crippen LogP) is 3.84. The largest absolute Gasteiger partial charge is 0.345 e. The Kier molecular flexibility index (Phi) is 4.37. The summed E-state index contributed by atoms with van der Waals surface area (Å²) in [4.78, 5) is 23.7. The number of hydrogen-bond donors (Lipinski definition) is 2. The lowest BCUT2D eigenvalue weighted by molar-refractivity contribution is 0.503. The lowest BCUT2D eigenvalue weighted by Gasteiger charge is -2.25. The minimum Gasteiger partial charge on any atom is -0.345 e. The first-order chi connectivity index (χ1) is 15.3. The molecule has 8 nitrogen and oxygen atoms in total. The number of nitrogens with zero attached hydrogens (tertiary/aromatic N) is 5. The molecule has 0 saturated carbocycles. The van der Waals surface area contributed by atoms with Crippen LogP contribution in [-0.4, -0.2) is 42.4 Å². The number of aryl methyl sites for hydroxylation is 1. The van der Waals surface area contributed by atoms with Gasteiger partial charge in [0, 0.05) is 49.5 Å². The first-order valence-electron chi connectivity index (χ1n) is 10.4. The monoisotopic (exact) mass is 491 g/mol. The summed E-state index contributed by atoms with van der Waals surface area (Å²) >= 11 is 19.7. The van der Waals surface area contributed by atoms with Gasteiger partial charge in [-0.1, -0.05) is 34.8 Å². The number of rotatable bonds is 2. The van der Waals surface area contributed by atoms with E-state index >= 15 is 0 Å². The molecule has 3 aromatic heterocycles. The van der Waals surface area contributed by atoms with Crippen molar-refractivity contribution in [3.63, 3.8) is 0 Å². The van der Waals surface area contributed by atoms with E-state index in [1.54, 1.807) is 30.9 Å². The fourth-order valence-corrected chi connectivity index (χ4v) is 6.24. The summed E-state index contributed by atoms with van der Waals surface area (Å²) in [6.45, 7) is 0. The molecule has 2 saturated heterocycles. The fourth-order valence-electron chi connectivity index (χ4n) is 5.39. The third kappa shape index (κ3) is 2.58. The van der Waals surface area contributed by atoms with Crippen LogP contribution in [0.15, 0.2) is 17.1 Å². The van der Waals surface area contributed by atoms with Gasteiger partial charge in [0.15, 0.2) is 0 Å². The number of nitrogens with two attached hydrogens (primary N) is 1. The van der Waals surface area contributed by atoms with Crippen molar-refractivity contribution in [2.24, 2.45) is 19.8 Å². The first kappa shape index (κ1) is 20.4. The smallest absolute Gasteiger partial charge is 0.264 e. The second kappa shape index (κ2) is 6.87. The lowest BCUT2D eigenvalue weighted by atomic mass is 9.97. The van der Waals surface area contributed by atoms with Gasteiger partial charge in [-0.05, 0) is 25.3 Å². The molecule has 0 spiro atoms. The Labute approximate surface area is 197 Å². The second-order valence-corrected chi connectivity index (χ2v) is 9.81. The predicted molar refractivity (Wildman–Crippen MR) is 128 cm³/mol. The van der Waals surface area contributed by atoms with Crippen LogP contribution in [0.4, 0.5) is 5.95 Å². The van der Waals surface area contributed by atoms with E-state index in [2.05, 4.69) is 15.0 Å². The van der Waals surface area contributed by atoms with E-state index in [4.69, 9.17) is 45.5 Å². The molecule has 2 fully saturated rings.